The molecule has 1 aliphatic heterocycles. The molecule has 2 rings (SSSR count). The molecule has 0 saturated carbocycles. The van der Waals surface area contributed by atoms with Gasteiger partial charge >= 0.3 is 0 Å². The van der Waals surface area contributed by atoms with Gasteiger partial charge in [-0.3, -0.25) is 0 Å². The maximum atomic E-state index is 6.43. The second-order valence-electron chi connectivity index (χ2n) is 5.25. The van der Waals surface area contributed by atoms with E-state index in [2.05, 4.69) is 47.3 Å². The number of nitrogens with zero attached hydrogens (tertiary/aromatic N) is 2. The van der Waals surface area contributed by atoms with Crippen molar-refractivity contribution in [1.29, 1.82) is 0 Å². The second-order valence-corrected chi connectivity index (χ2v) is 5.66. The summed E-state index contributed by atoms with van der Waals surface area (Å²) < 4.78 is 0. The molecule has 0 spiro atoms. The Hall–Kier alpha value is -0.770. The van der Waals surface area contributed by atoms with Crippen molar-refractivity contribution in [2.45, 2.75) is 19.9 Å². The lowest BCUT2D eigenvalue weighted by atomic mass is 10.1. The first-order chi connectivity index (χ1) is 9.20. The minimum absolute atomic E-state index is 0.875. The third-order valence-corrected chi connectivity index (χ3v) is 3.91. The lowest BCUT2D eigenvalue weighted by Gasteiger charge is -2.34. The van der Waals surface area contributed by atoms with Gasteiger partial charge < -0.3 is 15.1 Å². The normalized spacial score (nSPS) is 16.9. The lowest BCUT2D eigenvalue weighted by Crippen LogP contribution is -2.44. The van der Waals surface area contributed by atoms with E-state index in [1.165, 1.54) is 11.3 Å². The van der Waals surface area contributed by atoms with Gasteiger partial charge in [0.15, 0.2) is 0 Å². The maximum absolute atomic E-state index is 6.43. The molecule has 1 N–H and O–H groups in total. The quantitative estimate of drug-likeness (QED) is 0.837. The van der Waals surface area contributed by atoms with Crippen LogP contribution in [0.4, 0.5) is 5.69 Å². The van der Waals surface area contributed by atoms with E-state index >= 15 is 0 Å². The molecule has 0 aromatic heterocycles. The summed E-state index contributed by atoms with van der Waals surface area (Å²) in [6.45, 7) is 8.46. The number of rotatable bonds is 5. The van der Waals surface area contributed by atoms with Crippen molar-refractivity contribution < 1.29 is 0 Å². The third kappa shape index (κ3) is 4.10. The smallest absolute Gasteiger partial charge is 0.0642 e. The number of hydrogen-bond donors (Lipinski definition) is 1. The van der Waals surface area contributed by atoms with E-state index in [1.807, 2.05) is 0 Å². The largest absolute Gasteiger partial charge is 0.368 e. The van der Waals surface area contributed by atoms with Crippen LogP contribution in [-0.4, -0.2) is 44.7 Å². The molecule has 0 radical (unpaired) electrons. The summed E-state index contributed by atoms with van der Waals surface area (Å²) in [7, 11) is 2.17. The summed E-state index contributed by atoms with van der Waals surface area (Å²) >= 11 is 6.43. The Kier molecular flexibility index (Phi) is 5.49. The van der Waals surface area contributed by atoms with Crippen LogP contribution < -0.4 is 10.2 Å². The zero-order chi connectivity index (χ0) is 13.7. The molecule has 0 amide bonds. The van der Waals surface area contributed by atoms with E-state index in [-0.39, 0.29) is 0 Å². The molecule has 19 heavy (non-hydrogen) atoms. The van der Waals surface area contributed by atoms with Crippen molar-refractivity contribution >= 4 is 17.3 Å². The Morgan fingerprint density at radius 2 is 1.95 bits per heavy atom. The molecular weight excluding hydrogens is 258 g/mol. The van der Waals surface area contributed by atoms with Gasteiger partial charge in [0.1, 0.15) is 0 Å². The van der Waals surface area contributed by atoms with Gasteiger partial charge in [-0.2, -0.15) is 0 Å². The second kappa shape index (κ2) is 7.13. The average Bonchev–Trinajstić information content (AvgIpc) is 2.41. The fourth-order valence-electron chi connectivity index (χ4n) is 2.37. The van der Waals surface area contributed by atoms with E-state index in [4.69, 9.17) is 11.6 Å². The summed E-state index contributed by atoms with van der Waals surface area (Å²) in [4.78, 5) is 4.74. The summed E-state index contributed by atoms with van der Waals surface area (Å²) in [5, 5.41) is 4.28. The van der Waals surface area contributed by atoms with Crippen LogP contribution in [-0.2, 0) is 6.54 Å². The highest BCUT2D eigenvalue weighted by Crippen LogP contribution is 2.27. The van der Waals surface area contributed by atoms with Crippen molar-refractivity contribution in [2.24, 2.45) is 0 Å². The van der Waals surface area contributed by atoms with Crippen molar-refractivity contribution in [3.05, 3.63) is 28.8 Å². The summed E-state index contributed by atoms with van der Waals surface area (Å²) in [6.07, 6.45) is 1.16. The van der Waals surface area contributed by atoms with Crippen molar-refractivity contribution in [3.8, 4) is 0 Å². The highest BCUT2D eigenvalue weighted by Gasteiger charge is 2.16. The Labute approximate surface area is 121 Å². The number of benzene rings is 1. The highest BCUT2D eigenvalue weighted by atomic mass is 35.5. The van der Waals surface area contributed by atoms with Gasteiger partial charge in [-0.25, -0.2) is 0 Å². The summed E-state index contributed by atoms with van der Waals surface area (Å²) in [5.41, 5.74) is 2.44. The fourth-order valence-corrected chi connectivity index (χ4v) is 2.70. The van der Waals surface area contributed by atoms with Crippen LogP contribution >= 0.6 is 11.6 Å². The van der Waals surface area contributed by atoms with Gasteiger partial charge in [-0.05, 0) is 37.7 Å². The Morgan fingerprint density at radius 3 is 2.58 bits per heavy atom. The predicted molar refractivity (Wildman–Crippen MR) is 83.2 cm³/mol. The van der Waals surface area contributed by atoms with Gasteiger partial charge in [0.25, 0.3) is 0 Å². The molecule has 3 nitrogen and oxygen atoms in total. The van der Waals surface area contributed by atoms with Crippen LogP contribution in [0.25, 0.3) is 0 Å². The van der Waals surface area contributed by atoms with Crippen molar-refractivity contribution in [3.63, 3.8) is 0 Å². The maximum Gasteiger partial charge on any atom is 0.0642 e. The van der Waals surface area contributed by atoms with Gasteiger partial charge in [0.05, 0.1) is 10.7 Å². The standard InChI is InChI=1S/C15H24ClN3/c1-3-6-17-12-13-4-5-15(14(16)11-13)19-9-7-18(2)8-10-19/h4-5,11,17H,3,6-10,12H2,1-2H3. The van der Waals surface area contributed by atoms with Crippen LogP contribution in [0.1, 0.15) is 18.9 Å². The SMILES string of the molecule is CCCNCc1ccc(N2CCN(C)CC2)c(Cl)c1. The summed E-state index contributed by atoms with van der Waals surface area (Å²) in [6, 6.07) is 6.44. The molecule has 1 fully saturated rings. The van der Waals surface area contributed by atoms with Crippen LogP contribution in [0.5, 0.6) is 0 Å². The van der Waals surface area contributed by atoms with Gasteiger partial charge in [0.2, 0.25) is 0 Å². The molecule has 0 atom stereocenters. The monoisotopic (exact) mass is 281 g/mol. The number of likely N-dealkylation sites (N-methyl/N-ethyl adjacent to an activating group) is 1. The van der Waals surface area contributed by atoms with Crippen LogP contribution in [0.15, 0.2) is 18.2 Å². The van der Waals surface area contributed by atoms with E-state index in [0.29, 0.717) is 0 Å². The number of halogens is 1. The minimum atomic E-state index is 0.875. The zero-order valence-corrected chi connectivity index (χ0v) is 12.7. The van der Waals surface area contributed by atoms with E-state index in [9.17, 15) is 0 Å². The fraction of sp³-hybridized carbons (Fsp3) is 0.600. The zero-order valence-electron chi connectivity index (χ0n) is 12.0. The molecule has 0 bridgehead atoms. The number of hydrogen-bond acceptors (Lipinski definition) is 3. The molecule has 4 heteroatoms. The Balaban J connectivity index is 1.98. The molecule has 0 aliphatic carbocycles. The Morgan fingerprint density at radius 1 is 1.21 bits per heavy atom. The van der Waals surface area contributed by atoms with Gasteiger partial charge in [-0.1, -0.05) is 24.6 Å². The van der Waals surface area contributed by atoms with E-state index in [1.54, 1.807) is 0 Å². The Bertz CT molecular complexity index is 400. The molecule has 1 aromatic rings. The lowest BCUT2D eigenvalue weighted by molar-refractivity contribution is 0.313. The third-order valence-electron chi connectivity index (χ3n) is 3.61. The average molecular weight is 282 g/mol. The first-order valence-electron chi connectivity index (χ1n) is 7.13. The number of nitrogens with one attached hydrogen (secondary N) is 1. The molecule has 1 heterocycles. The molecule has 0 unspecified atom stereocenters. The van der Waals surface area contributed by atoms with Gasteiger partial charge in [-0.15, -0.1) is 0 Å². The van der Waals surface area contributed by atoms with Crippen LogP contribution in [0, 0.1) is 0 Å². The van der Waals surface area contributed by atoms with E-state index < -0.39 is 0 Å². The predicted octanol–water partition coefficient (Wildman–Crippen LogP) is 2.59. The highest BCUT2D eigenvalue weighted by molar-refractivity contribution is 6.33. The molecule has 1 aliphatic rings. The van der Waals surface area contributed by atoms with Crippen LogP contribution in [0.3, 0.4) is 0 Å². The number of anilines is 1. The molecule has 106 valence electrons. The van der Waals surface area contributed by atoms with Gasteiger partial charge in [0, 0.05) is 32.7 Å². The van der Waals surface area contributed by atoms with Crippen molar-refractivity contribution in [2.75, 3.05) is 44.7 Å². The molecule has 1 saturated heterocycles. The topological polar surface area (TPSA) is 18.5 Å². The van der Waals surface area contributed by atoms with Crippen molar-refractivity contribution in [1.82, 2.24) is 10.2 Å². The summed E-state index contributed by atoms with van der Waals surface area (Å²) in [5.74, 6) is 0. The minimum Gasteiger partial charge on any atom is -0.368 e. The van der Waals surface area contributed by atoms with Crippen LogP contribution in [0.2, 0.25) is 5.02 Å². The first kappa shape index (κ1) is 14.6. The molecular formula is C15H24ClN3. The van der Waals surface area contributed by atoms with E-state index in [0.717, 1.165) is 50.7 Å². The first-order valence-corrected chi connectivity index (χ1v) is 7.51. The number of piperazine rings is 1. The molecule has 1 aromatic carbocycles.